The van der Waals surface area contributed by atoms with E-state index in [0.29, 0.717) is 3.79 Å². The first-order valence-corrected chi connectivity index (χ1v) is 8.07. The lowest BCUT2D eigenvalue weighted by atomic mass is 10.2. The maximum Gasteiger partial charge on any atom is 0.271 e. The summed E-state index contributed by atoms with van der Waals surface area (Å²) >= 11 is 4.24. The average molecular weight is 361 g/mol. The Bertz CT molecular complexity index is 724. The Balaban J connectivity index is 2.30. The highest BCUT2D eigenvalue weighted by Gasteiger charge is 2.16. The Hall–Kier alpha value is -1.38. The maximum atomic E-state index is 12.0. The van der Waals surface area contributed by atoms with Crippen LogP contribution in [0.25, 0.3) is 0 Å². The smallest absolute Gasteiger partial charge is 0.271 e. The summed E-state index contributed by atoms with van der Waals surface area (Å²) in [6, 6.07) is 8.51. The maximum absolute atomic E-state index is 12.0. The fourth-order valence-electron chi connectivity index (χ4n) is 1.36. The van der Waals surface area contributed by atoms with E-state index >= 15 is 0 Å². The Morgan fingerprint density at radius 3 is 2.58 bits per heavy atom. The third kappa shape index (κ3) is 3.34. The molecule has 0 spiro atoms. The molecule has 2 aromatic rings. The highest BCUT2D eigenvalue weighted by molar-refractivity contribution is 9.11. The second-order valence-corrected chi connectivity index (χ2v) is 7.90. The fourth-order valence-corrected chi connectivity index (χ4v) is 4.42. The van der Waals surface area contributed by atoms with Crippen LogP contribution in [0.1, 0.15) is 10.4 Å². The molecule has 0 fully saturated rings. The van der Waals surface area contributed by atoms with Crippen LogP contribution in [0.3, 0.4) is 0 Å². The van der Waals surface area contributed by atoms with E-state index in [1.54, 1.807) is 6.07 Å². The molecule has 100 valence electrons. The average Bonchev–Trinajstić information content (AvgIpc) is 2.76. The molecule has 0 saturated carbocycles. The van der Waals surface area contributed by atoms with Crippen molar-refractivity contribution in [2.24, 2.45) is 0 Å². The standard InChI is InChI=1S/C11H8BrNO4S2/c12-9-4-5-10(18-9)19(16,17)13-8-3-1-2-7(6-8)11(14)15/h1-6,13H,(H,14,15)/p-1. The van der Waals surface area contributed by atoms with Gasteiger partial charge in [-0.3, -0.25) is 4.72 Å². The van der Waals surface area contributed by atoms with Crippen molar-refractivity contribution in [3.05, 3.63) is 45.7 Å². The van der Waals surface area contributed by atoms with Crippen molar-refractivity contribution in [3.8, 4) is 0 Å². The van der Waals surface area contributed by atoms with Gasteiger partial charge in [0.1, 0.15) is 4.21 Å². The first kappa shape index (κ1) is 14.0. The Morgan fingerprint density at radius 2 is 2.00 bits per heavy atom. The number of halogens is 1. The summed E-state index contributed by atoms with van der Waals surface area (Å²) in [5, 5.41) is 10.7. The SMILES string of the molecule is O=C([O-])c1cccc(NS(=O)(=O)c2ccc(Br)s2)c1. The largest absolute Gasteiger partial charge is 0.545 e. The van der Waals surface area contributed by atoms with E-state index in [0.717, 1.165) is 11.3 Å². The van der Waals surface area contributed by atoms with Gasteiger partial charge in [0.2, 0.25) is 0 Å². The van der Waals surface area contributed by atoms with E-state index in [-0.39, 0.29) is 15.5 Å². The number of rotatable bonds is 4. The molecule has 19 heavy (non-hydrogen) atoms. The van der Waals surface area contributed by atoms with Gasteiger partial charge < -0.3 is 9.90 Å². The number of thiophene rings is 1. The Labute approximate surface area is 122 Å². The van der Waals surface area contributed by atoms with Crippen LogP contribution in [0.4, 0.5) is 5.69 Å². The first-order chi connectivity index (χ1) is 8.88. The predicted octanol–water partition coefficient (Wildman–Crippen LogP) is 1.67. The van der Waals surface area contributed by atoms with Crippen molar-refractivity contribution in [1.29, 1.82) is 0 Å². The zero-order valence-corrected chi connectivity index (χ0v) is 12.5. The fraction of sp³-hybridized carbons (Fsp3) is 0. The van der Waals surface area contributed by atoms with Crippen LogP contribution in [-0.2, 0) is 10.0 Å². The van der Waals surface area contributed by atoms with Crippen LogP contribution in [0, 0.1) is 0 Å². The molecule has 0 bridgehead atoms. The molecule has 2 rings (SSSR count). The van der Waals surface area contributed by atoms with Gasteiger partial charge in [-0.15, -0.1) is 11.3 Å². The second kappa shape index (κ2) is 5.32. The Morgan fingerprint density at radius 1 is 1.26 bits per heavy atom. The number of sulfonamides is 1. The molecular formula is C11H7BrNO4S2-. The number of aromatic carboxylic acids is 1. The monoisotopic (exact) mass is 360 g/mol. The third-order valence-electron chi connectivity index (χ3n) is 2.16. The minimum absolute atomic E-state index is 0.0902. The van der Waals surface area contributed by atoms with Crippen LogP contribution in [-0.4, -0.2) is 14.4 Å². The van der Waals surface area contributed by atoms with E-state index in [1.807, 2.05) is 0 Å². The summed E-state index contributed by atoms with van der Waals surface area (Å²) < 4.78 is 27.2. The quantitative estimate of drug-likeness (QED) is 0.898. The number of carboxylic acid groups (broad SMARTS) is 1. The molecule has 1 N–H and O–H groups in total. The number of carboxylic acids is 1. The van der Waals surface area contributed by atoms with Gasteiger partial charge in [-0.05, 0) is 45.8 Å². The number of carbonyl (C=O) groups excluding carboxylic acids is 1. The molecular weight excluding hydrogens is 354 g/mol. The van der Waals surface area contributed by atoms with E-state index in [2.05, 4.69) is 20.7 Å². The number of hydrogen-bond acceptors (Lipinski definition) is 5. The van der Waals surface area contributed by atoms with Crippen molar-refractivity contribution < 1.29 is 18.3 Å². The molecule has 1 aromatic carbocycles. The number of anilines is 1. The summed E-state index contributed by atoms with van der Waals surface area (Å²) in [5.74, 6) is -1.36. The topological polar surface area (TPSA) is 86.3 Å². The highest BCUT2D eigenvalue weighted by atomic mass is 79.9. The second-order valence-electron chi connectivity index (χ2n) is 3.53. The number of hydrogen-bond donors (Lipinski definition) is 1. The molecule has 0 aliphatic carbocycles. The van der Waals surface area contributed by atoms with Crippen LogP contribution in [0.15, 0.2) is 44.4 Å². The molecule has 0 saturated heterocycles. The first-order valence-electron chi connectivity index (χ1n) is 4.98. The number of nitrogens with one attached hydrogen (secondary N) is 1. The highest BCUT2D eigenvalue weighted by Crippen LogP contribution is 2.27. The minimum atomic E-state index is -3.71. The molecule has 0 aliphatic heterocycles. The van der Waals surface area contributed by atoms with Gasteiger partial charge >= 0.3 is 0 Å². The molecule has 0 atom stereocenters. The van der Waals surface area contributed by atoms with Gasteiger partial charge in [0, 0.05) is 5.69 Å². The van der Waals surface area contributed by atoms with E-state index < -0.39 is 16.0 Å². The lowest BCUT2D eigenvalue weighted by Gasteiger charge is -2.08. The number of benzene rings is 1. The lowest BCUT2D eigenvalue weighted by molar-refractivity contribution is -0.255. The molecule has 8 heteroatoms. The van der Waals surface area contributed by atoms with Crippen molar-refractivity contribution in [1.82, 2.24) is 0 Å². The van der Waals surface area contributed by atoms with Gasteiger partial charge in [0.15, 0.2) is 0 Å². The van der Waals surface area contributed by atoms with Crippen molar-refractivity contribution >= 4 is 48.9 Å². The van der Waals surface area contributed by atoms with Crippen molar-refractivity contribution in [3.63, 3.8) is 0 Å². The molecule has 1 heterocycles. The molecule has 5 nitrogen and oxygen atoms in total. The van der Waals surface area contributed by atoms with Crippen LogP contribution in [0.2, 0.25) is 0 Å². The molecule has 0 unspecified atom stereocenters. The van der Waals surface area contributed by atoms with Crippen LogP contribution in [0.5, 0.6) is 0 Å². The summed E-state index contributed by atoms with van der Waals surface area (Å²) in [7, 11) is -3.71. The summed E-state index contributed by atoms with van der Waals surface area (Å²) in [6.07, 6.45) is 0. The summed E-state index contributed by atoms with van der Waals surface area (Å²) in [4.78, 5) is 10.7. The summed E-state index contributed by atoms with van der Waals surface area (Å²) in [5.41, 5.74) is 0.0822. The summed E-state index contributed by atoms with van der Waals surface area (Å²) in [6.45, 7) is 0. The molecule has 1 aromatic heterocycles. The van der Waals surface area contributed by atoms with Crippen LogP contribution < -0.4 is 9.83 Å². The predicted molar refractivity (Wildman–Crippen MR) is 73.6 cm³/mol. The normalized spacial score (nSPS) is 11.2. The molecule has 0 aliphatic rings. The zero-order valence-electron chi connectivity index (χ0n) is 9.29. The van der Waals surface area contributed by atoms with Gasteiger partial charge in [-0.2, -0.15) is 0 Å². The van der Waals surface area contributed by atoms with Gasteiger partial charge in [0.05, 0.1) is 9.76 Å². The van der Waals surface area contributed by atoms with E-state index in [9.17, 15) is 18.3 Å². The minimum Gasteiger partial charge on any atom is -0.545 e. The van der Waals surface area contributed by atoms with E-state index in [1.165, 1.54) is 30.3 Å². The zero-order chi connectivity index (χ0) is 14.0. The lowest BCUT2D eigenvalue weighted by Crippen LogP contribution is -2.22. The Kier molecular flexibility index (Phi) is 3.93. The van der Waals surface area contributed by atoms with Crippen molar-refractivity contribution in [2.45, 2.75) is 4.21 Å². The van der Waals surface area contributed by atoms with Crippen LogP contribution >= 0.6 is 27.3 Å². The number of carbonyl (C=O) groups is 1. The van der Waals surface area contributed by atoms with Gasteiger partial charge in [0.25, 0.3) is 10.0 Å². The van der Waals surface area contributed by atoms with Gasteiger partial charge in [-0.1, -0.05) is 12.1 Å². The molecule has 0 amide bonds. The molecule has 0 radical (unpaired) electrons. The van der Waals surface area contributed by atoms with E-state index in [4.69, 9.17) is 0 Å². The van der Waals surface area contributed by atoms with Gasteiger partial charge in [-0.25, -0.2) is 8.42 Å². The third-order valence-corrected chi connectivity index (χ3v) is 5.66. The van der Waals surface area contributed by atoms with Crippen molar-refractivity contribution in [2.75, 3.05) is 4.72 Å².